The molecule has 5 N–H and O–H groups in total. The number of hydrazine groups is 1. The number of esters is 1. The van der Waals surface area contributed by atoms with E-state index in [-0.39, 0.29) is 32.8 Å². The van der Waals surface area contributed by atoms with Crippen LogP contribution in [0.3, 0.4) is 0 Å². The molecule has 1 saturated heterocycles. The van der Waals surface area contributed by atoms with Gasteiger partial charge in [-0.1, -0.05) is 0 Å². The van der Waals surface area contributed by atoms with Gasteiger partial charge in [-0.15, -0.1) is 0 Å². The van der Waals surface area contributed by atoms with E-state index >= 15 is 0 Å². The molecule has 0 radical (unpaired) electrons. The molecule has 1 rings (SSSR count). The van der Waals surface area contributed by atoms with Crippen LogP contribution in [0.4, 0.5) is 9.59 Å². The average molecular weight is 570 g/mol. The Morgan fingerprint density at radius 1 is 0.900 bits per heavy atom. The predicted molar refractivity (Wildman–Crippen MR) is 140 cm³/mol. The molecule has 16 nitrogen and oxygen atoms in total. The molecule has 2 atom stereocenters. The number of nitrogens with two attached hydrogens (primary N) is 1. The Balaban J connectivity index is 2.62. The Labute approximate surface area is 232 Å². The summed E-state index contributed by atoms with van der Waals surface area (Å²) in [4.78, 5) is 87.9. The third-order valence-electron chi connectivity index (χ3n) is 5.18. The van der Waals surface area contributed by atoms with Crippen LogP contribution in [0.2, 0.25) is 0 Å². The van der Waals surface area contributed by atoms with Crippen molar-refractivity contribution in [2.24, 2.45) is 5.73 Å². The van der Waals surface area contributed by atoms with Gasteiger partial charge in [0.05, 0.1) is 6.61 Å². The molecule has 1 fully saturated rings. The maximum Gasteiger partial charge on any atom is 0.410 e. The second-order valence-electron chi connectivity index (χ2n) is 9.81. The van der Waals surface area contributed by atoms with Gasteiger partial charge in [0.25, 0.3) is 11.8 Å². The molecule has 0 aromatic rings. The molecule has 0 aromatic carbocycles. The summed E-state index contributed by atoms with van der Waals surface area (Å²) in [6, 6.07) is -2.76. The molecule has 224 valence electrons. The first-order chi connectivity index (χ1) is 18.5. The summed E-state index contributed by atoms with van der Waals surface area (Å²) in [7, 11) is 0. The van der Waals surface area contributed by atoms with E-state index in [1.165, 1.54) is 23.6 Å². The molecule has 7 amide bonds. The SMILES string of the molecule is CCOC(=O)/C=C/C(=O)N(CC(N)=O)NC(=O)[C@H](C)NC(=O)[C@H](C)NC(=O)N1CCN(C(=O)OC(C)(C)C)CC1. The van der Waals surface area contributed by atoms with Crippen LogP contribution in [0.5, 0.6) is 0 Å². The van der Waals surface area contributed by atoms with Gasteiger partial charge in [-0.25, -0.2) is 19.4 Å². The van der Waals surface area contributed by atoms with Gasteiger partial charge in [0.2, 0.25) is 11.8 Å². The predicted octanol–water partition coefficient (Wildman–Crippen LogP) is -1.39. The van der Waals surface area contributed by atoms with E-state index < -0.39 is 66.0 Å². The highest BCUT2D eigenvalue weighted by Gasteiger charge is 2.29. The minimum absolute atomic E-state index is 0.0833. The number of hydrogen-bond acceptors (Lipinski definition) is 9. The van der Waals surface area contributed by atoms with Gasteiger partial charge in [-0.3, -0.25) is 24.6 Å². The fourth-order valence-corrected chi connectivity index (χ4v) is 3.14. The van der Waals surface area contributed by atoms with Crippen LogP contribution in [0, 0.1) is 0 Å². The number of urea groups is 1. The number of nitrogens with one attached hydrogen (secondary N) is 3. The van der Waals surface area contributed by atoms with Crippen molar-refractivity contribution in [3.05, 3.63) is 12.2 Å². The van der Waals surface area contributed by atoms with E-state index in [1.54, 1.807) is 27.7 Å². The summed E-state index contributed by atoms with van der Waals surface area (Å²) < 4.78 is 9.99. The van der Waals surface area contributed by atoms with Gasteiger partial charge in [-0.05, 0) is 41.5 Å². The van der Waals surface area contributed by atoms with E-state index in [0.29, 0.717) is 5.01 Å². The summed E-state index contributed by atoms with van der Waals surface area (Å²) >= 11 is 0. The van der Waals surface area contributed by atoms with Crippen LogP contribution in [-0.2, 0) is 33.4 Å². The highest BCUT2D eigenvalue weighted by molar-refractivity contribution is 5.98. The van der Waals surface area contributed by atoms with E-state index in [1.807, 2.05) is 0 Å². The fourth-order valence-electron chi connectivity index (χ4n) is 3.14. The van der Waals surface area contributed by atoms with Crippen LogP contribution < -0.4 is 21.8 Å². The molecule has 0 saturated carbocycles. The number of rotatable bonds is 9. The molecule has 0 spiro atoms. The zero-order valence-corrected chi connectivity index (χ0v) is 23.6. The highest BCUT2D eigenvalue weighted by atomic mass is 16.6. The van der Waals surface area contributed by atoms with Crippen LogP contribution >= 0.6 is 0 Å². The lowest BCUT2D eigenvalue weighted by molar-refractivity contribution is -0.142. The van der Waals surface area contributed by atoms with E-state index in [4.69, 9.17) is 10.5 Å². The quantitative estimate of drug-likeness (QED) is 0.146. The zero-order chi connectivity index (χ0) is 30.6. The van der Waals surface area contributed by atoms with Crippen LogP contribution in [0.1, 0.15) is 41.5 Å². The van der Waals surface area contributed by atoms with Gasteiger partial charge in [0.15, 0.2) is 0 Å². The average Bonchev–Trinajstić information content (AvgIpc) is 2.85. The molecule has 0 unspecified atom stereocenters. The number of ether oxygens (including phenoxy) is 2. The summed E-state index contributed by atoms with van der Waals surface area (Å²) in [5.41, 5.74) is 6.64. The van der Waals surface area contributed by atoms with Gasteiger partial charge < -0.3 is 35.6 Å². The van der Waals surface area contributed by atoms with Crippen molar-refractivity contribution in [1.82, 2.24) is 30.9 Å². The van der Waals surface area contributed by atoms with E-state index in [9.17, 15) is 33.6 Å². The standard InChI is InChI=1S/C24H39N7O9/c1-7-39-19(34)9-8-18(33)31(14-17(25)32)28-21(36)16(3)26-20(35)15(2)27-22(37)29-10-12-30(13-11-29)23(38)40-24(4,5)6/h8-9,15-16H,7,10-14H2,1-6H3,(H2,25,32)(H,26,35)(H,27,37)(H,28,36)/b9-8+/t15-,16-/m0/s1. The molecule has 1 heterocycles. The van der Waals surface area contributed by atoms with Crippen LogP contribution in [0.25, 0.3) is 0 Å². The second-order valence-corrected chi connectivity index (χ2v) is 9.81. The van der Waals surface area contributed by atoms with Crippen LogP contribution in [0.15, 0.2) is 12.2 Å². The van der Waals surface area contributed by atoms with Crippen LogP contribution in [-0.4, -0.2) is 114 Å². The topological polar surface area (TPSA) is 210 Å². The second kappa shape index (κ2) is 15.3. The Bertz CT molecular complexity index is 1000. The first-order valence-electron chi connectivity index (χ1n) is 12.6. The molecule has 0 aromatic heterocycles. The Hall–Kier alpha value is -4.37. The summed E-state index contributed by atoms with van der Waals surface area (Å²) in [5, 5.41) is 5.50. The highest BCUT2D eigenvalue weighted by Crippen LogP contribution is 2.12. The molecule has 0 aliphatic carbocycles. The Morgan fingerprint density at radius 3 is 1.98 bits per heavy atom. The number of carbonyl (C=O) groups excluding carboxylic acids is 7. The van der Waals surface area contributed by atoms with Crippen molar-refractivity contribution >= 4 is 41.7 Å². The minimum Gasteiger partial charge on any atom is -0.463 e. The van der Waals surface area contributed by atoms with Crippen molar-refractivity contribution in [1.29, 1.82) is 0 Å². The van der Waals surface area contributed by atoms with E-state index in [0.717, 1.165) is 12.2 Å². The minimum atomic E-state index is -1.19. The number of piperazine rings is 1. The Morgan fingerprint density at radius 2 is 1.45 bits per heavy atom. The third kappa shape index (κ3) is 12.0. The molecule has 1 aliphatic rings. The monoisotopic (exact) mass is 569 g/mol. The normalized spacial score (nSPS) is 14.9. The first kappa shape index (κ1) is 33.7. The largest absolute Gasteiger partial charge is 0.463 e. The number of amides is 7. The van der Waals surface area contributed by atoms with Gasteiger partial charge in [0.1, 0.15) is 24.2 Å². The Kier molecular flexibility index (Phi) is 12.9. The zero-order valence-electron chi connectivity index (χ0n) is 23.6. The van der Waals surface area contributed by atoms with Crippen molar-refractivity contribution in [2.75, 3.05) is 39.3 Å². The third-order valence-corrected chi connectivity index (χ3v) is 5.18. The van der Waals surface area contributed by atoms with Crippen molar-refractivity contribution < 1.29 is 43.0 Å². The summed E-state index contributed by atoms with van der Waals surface area (Å²) in [5.74, 6) is -4.25. The molecule has 0 bridgehead atoms. The number of hydrogen-bond donors (Lipinski definition) is 4. The summed E-state index contributed by atoms with van der Waals surface area (Å²) in [6.07, 6.45) is 1.13. The van der Waals surface area contributed by atoms with E-state index in [2.05, 4.69) is 20.8 Å². The molecule has 1 aliphatic heterocycles. The van der Waals surface area contributed by atoms with Crippen molar-refractivity contribution in [3.63, 3.8) is 0 Å². The molecule has 40 heavy (non-hydrogen) atoms. The van der Waals surface area contributed by atoms with Gasteiger partial charge >= 0.3 is 18.1 Å². The number of nitrogens with zero attached hydrogens (tertiary/aromatic N) is 3. The van der Waals surface area contributed by atoms with Crippen molar-refractivity contribution in [2.45, 2.75) is 59.2 Å². The molecular weight excluding hydrogens is 530 g/mol. The smallest absolute Gasteiger partial charge is 0.410 e. The maximum atomic E-state index is 12.6. The maximum absolute atomic E-state index is 12.6. The number of primary amides is 1. The molecule has 16 heteroatoms. The van der Waals surface area contributed by atoms with Crippen molar-refractivity contribution in [3.8, 4) is 0 Å². The van der Waals surface area contributed by atoms with Gasteiger partial charge in [0, 0.05) is 38.3 Å². The molecular formula is C24H39N7O9. The fraction of sp³-hybridized carbons (Fsp3) is 0.625. The lowest BCUT2D eigenvalue weighted by Gasteiger charge is -2.36. The summed E-state index contributed by atoms with van der Waals surface area (Å²) in [6.45, 7) is 9.94. The first-order valence-corrected chi connectivity index (χ1v) is 12.6. The van der Waals surface area contributed by atoms with Gasteiger partial charge in [-0.2, -0.15) is 0 Å². The lowest BCUT2D eigenvalue weighted by atomic mass is 10.2. The number of carbonyl (C=O) groups is 7. The lowest BCUT2D eigenvalue weighted by Crippen LogP contribution is -2.58.